The average molecular weight is 303 g/mol. The van der Waals surface area contributed by atoms with Crippen LogP contribution in [0.5, 0.6) is 11.5 Å². The lowest BCUT2D eigenvalue weighted by molar-refractivity contribution is -0.394. The van der Waals surface area contributed by atoms with Crippen molar-refractivity contribution in [3.63, 3.8) is 0 Å². The Bertz CT molecular complexity index is 787. The van der Waals surface area contributed by atoms with Gasteiger partial charge in [-0.25, -0.2) is 0 Å². The minimum Gasteiger partial charge on any atom is -0.507 e. The maximum Gasteiger partial charge on any atom is 0.319 e. The number of phenolic OH excluding ortho intramolecular Hbond substituents is 2. The molecule has 112 valence electrons. The van der Waals surface area contributed by atoms with Crippen LogP contribution in [0.15, 0.2) is 41.4 Å². The third-order valence-electron chi connectivity index (χ3n) is 2.74. The van der Waals surface area contributed by atoms with Crippen molar-refractivity contribution in [2.24, 2.45) is 4.99 Å². The molecule has 0 amide bonds. The third kappa shape index (κ3) is 2.98. The molecule has 0 bridgehead atoms. The first-order valence-electron chi connectivity index (χ1n) is 5.88. The van der Waals surface area contributed by atoms with E-state index in [4.69, 9.17) is 0 Å². The first-order valence-corrected chi connectivity index (χ1v) is 5.88. The van der Waals surface area contributed by atoms with E-state index in [1.807, 2.05) is 0 Å². The van der Waals surface area contributed by atoms with Crippen molar-refractivity contribution in [3.8, 4) is 11.5 Å². The number of para-hydroxylation sites is 1. The molecule has 2 rings (SSSR count). The third-order valence-corrected chi connectivity index (χ3v) is 2.74. The van der Waals surface area contributed by atoms with Crippen molar-refractivity contribution in [2.45, 2.75) is 0 Å². The Morgan fingerprint density at radius 1 is 1.05 bits per heavy atom. The normalized spacial score (nSPS) is 10.7. The number of hydrogen-bond acceptors (Lipinski definition) is 7. The van der Waals surface area contributed by atoms with E-state index < -0.39 is 27.0 Å². The summed E-state index contributed by atoms with van der Waals surface area (Å²) in [5.74, 6) is -0.882. The summed E-state index contributed by atoms with van der Waals surface area (Å²) in [5.41, 5.74) is -1.45. The van der Waals surface area contributed by atoms with Crippen LogP contribution in [0.4, 0.5) is 17.1 Å². The number of phenols is 2. The van der Waals surface area contributed by atoms with Gasteiger partial charge in [-0.05, 0) is 12.1 Å². The average Bonchev–Trinajstić information content (AvgIpc) is 2.47. The predicted octanol–water partition coefficient (Wildman–Crippen LogP) is 2.66. The molecule has 22 heavy (non-hydrogen) atoms. The molecule has 2 N–H and O–H groups in total. The SMILES string of the molecule is O=[N+]([O-])c1cc(N=Cc2ccccc2O)c(O)c([N+](=O)[O-])c1. The molecule has 2 aromatic rings. The first kappa shape index (κ1) is 14.9. The number of nitro groups is 2. The number of rotatable bonds is 4. The Balaban J connectivity index is 2.53. The van der Waals surface area contributed by atoms with Gasteiger partial charge in [-0.3, -0.25) is 25.2 Å². The fraction of sp³-hybridized carbons (Fsp3) is 0. The van der Waals surface area contributed by atoms with Crippen molar-refractivity contribution in [1.82, 2.24) is 0 Å². The highest BCUT2D eigenvalue weighted by Gasteiger charge is 2.23. The molecule has 0 aliphatic rings. The molecule has 0 aliphatic heterocycles. The van der Waals surface area contributed by atoms with Crippen LogP contribution in [-0.4, -0.2) is 26.3 Å². The second-order valence-corrected chi connectivity index (χ2v) is 4.16. The summed E-state index contributed by atoms with van der Waals surface area (Å²) in [7, 11) is 0. The molecule has 0 radical (unpaired) electrons. The molecular formula is C13H9N3O6. The van der Waals surface area contributed by atoms with Gasteiger partial charge in [0, 0.05) is 17.8 Å². The fourth-order valence-corrected chi connectivity index (χ4v) is 1.67. The minimum absolute atomic E-state index is 0.0920. The summed E-state index contributed by atoms with van der Waals surface area (Å²) in [6.45, 7) is 0. The van der Waals surface area contributed by atoms with Crippen LogP contribution in [0.3, 0.4) is 0 Å². The van der Waals surface area contributed by atoms with E-state index in [2.05, 4.69) is 4.99 Å². The predicted molar refractivity (Wildman–Crippen MR) is 76.8 cm³/mol. The van der Waals surface area contributed by atoms with Crippen LogP contribution in [0.2, 0.25) is 0 Å². The number of non-ortho nitro benzene ring substituents is 1. The van der Waals surface area contributed by atoms with Crippen molar-refractivity contribution >= 4 is 23.3 Å². The van der Waals surface area contributed by atoms with Gasteiger partial charge in [-0.15, -0.1) is 0 Å². The molecule has 0 aliphatic carbocycles. The lowest BCUT2D eigenvalue weighted by Crippen LogP contribution is -1.93. The zero-order chi connectivity index (χ0) is 16.3. The van der Waals surface area contributed by atoms with Gasteiger partial charge in [0.25, 0.3) is 5.69 Å². The number of nitro benzene ring substituents is 2. The van der Waals surface area contributed by atoms with Gasteiger partial charge in [-0.1, -0.05) is 12.1 Å². The quantitative estimate of drug-likeness (QED) is 0.505. The standard InChI is InChI=1S/C13H9N3O6/c17-12-4-2-1-3-8(12)7-14-10-5-9(15(19)20)6-11(13(10)18)16(21)22/h1-7,17-18H. The minimum atomic E-state index is -0.943. The maximum absolute atomic E-state index is 10.8. The van der Waals surface area contributed by atoms with Crippen LogP contribution >= 0.6 is 0 Å². The van der Waals surface area contributed by atoms with Crippen LogP contribution in [-0.2, 0) is 0 Å². The Morgan fingerprint density at radius 3 is 2.32 bits per heavy atom. The van der Waals surface area contributed by atoms with E-state index in [-0.39, 0.29) is 17.0 Å². The van der Waals surface area contributed by atoms with Crippen LogP contribution in [0.25, 0.3) is 0 Å². The molecule has 0 aromatic heterocycles. The molecule has 0 atom stereocenters. The Hall–Kier alpha value is -3.49. The number of benzene rings is 2. The zero-order valence-electron chi connectivity index (χ0n) is 10.9. The van der Waals surface area contributed by atoms with Gasteiger partial charge in [0.15, 0.2) is 0 Å². The molecule has 0 saturated carbocycles. The van der Waals surface area contributed by atoms with E-state index in [9.17, 15) is 30.4 Å². The van der Waals surface area contributed by atoms with Crippen molar-refractivity contribution in [2.75, 3.05) is 0 Å². The number of aliphatic imine (C=N–C) groups is 1. The molecule has 0 unspecified atom stereocenters. The van der Waals surface area contributed by atoms with E-state index in [0.717, 1.165) is 12.3 Å². The second-order valence-electron chi connectivity index (χ2n) is 4.16. The molecule has 0 spiro atoms. The van der Waals surface area contributed by atoms with Gasteiger partial charge >= 0.3 is 5.69 Å². The highest BCUT2D eigenvalue weighted by Crippen LogP contribution is 2.39. The molecule has 9 nitrogen and oxygen atoms in total. The van der Waals surface area contributed by atoms with E-state index in [1.165, 1.54) is 12.1 Å². The molecule has 0 saturated heterocycles. The maximum atomic E-state index is 10.8. The zero-order valence-corrected chi connectivity index (χ0v) is 10.9. The molecular weight excluding hydrogens is 294 g/mol. The largest absolute Gasteiger partial charge is 0.507 e. The summed E-state index contributed by atoms with van der Waals surface area (Å²) >= 11 is 0. The Labute approximate surface area is 123 Å². The van der Waals surface area contributed by atoms with E-state index in [0.29, 0.717) is 6.07 Å². The monoisotopic (exact) mass is 303 g/mol. The van der Waals surface area contributed by atoms with Crippen molar-refractivity contribution < 1.29 is 20.1 Å². The molecule has 0 heterocycles. The highest BCUT2D eigenvalue weighted by molar-refractivity contribution is 5.86. The lowest BCUT2D eigenvalue weighted by Gasteiger charge is -2.01. The second kappa shape index (κ2) is 5.87. The summed E-state index contributed by atoms with van der Waals surface area (Å²) in [6.07, 6.45) is 1.14. The van der Waals surface area contributed by atoms with Crippen LogP contribution in [0, 0.1) is 20.2 Å². The summed E-state index contributed by atoms with van der Waals surface area (Å²) in [4.78, 5) is 23.6. The highest BCUT2D eigenvalue weighted by atomic mass is 16.6. The number of nitrogens with zero attached hydrogens (tertiary/aromatic N) is 3. The van der Waals surface area contributed by atoms with Gasteiger partial charge in [0.05, 0.1) is 15.9 Å². The lowest BCUT2D eigenvalue weighted by atomic mass is 10.2. The topological polar surface area (TPSA) is 139 Å². The van der Waals surface area contributed by atoms with Gasteiger partial charge in [0.2, 0.25) is 5.75 Å². The van der Waals surface area contributed by atoms with E-state index >= 15 is 0 Å². The Kier molecular flexibility index (Phi) is 3.98. The smallest absolute Gasteiger partial charge is 0.319 e. The molecule has 9 heteroatoms. The number of hydrogen-bond donors (Lipinski definition) is 2. The van der Waals surface area contributed by atoms with E-state index in [1.54, 1.807) is 12.1 Å². The fourth-order valence-electron chi connectivity index (χ4n) is 1.67. The van der Waals surface area contributed by atoms with Gasteiger partial charge in [0.1, 0.15) is 11.4 Å². The molecule has 0 fully saturated rings. The van der Waals surface area contributed by atoms with Gasteiger partial charge < -0.3 is 10.2 Å². The summed E-state index contributed by atoms with van der Waals surface area (Å²) < 4.78 is 0. The summed E-state index contributed by atoms with van der Waals surface area (Å²) in [5, 5.41) is 40.9. The number of aromatic hydroxyl groups is 2. The first-order chi connectivity index (χ1) is 10.4. The van der Waals surface area contributed by atoms with Crippen LogP contribution in [0.1, 0.15) is 5.56 Å². The van der Waals surface area contributed by atoms with Gasteiger partial charge in [-0.2, -0.15) is 0 Å². The Morgan fingerprint density at radius 2 is 1.73 bits per heavy atom. The van der Waals surface area contributed by atoms with Crippen LogP contribution < -0.4 is 0 Å². The molecule has 2 aromatic carbocycles. The van der Waals surface area contributed by atoms with Crippen molar-refractivity contribution in [1.29, 1.82) is 0 Å². The summed E-state index contributed by atoms with van der Waals surface area (Å²) in [6, 6.07) is 7.67. The van der Waals surface area contributed by atoms with Crippen molar-refractivity contribution in [3.05, 3.63) is 62.2 Å².